The number of aromatic nitrogens is 2. The minimum absolute atomic E-state index is 0.432. The van der Waals surface area contributed by atoms with Gasteiger partial charge in [-0.1, -0.05) is 23.8 Å². The fourth-order valence-electron chi connectivity index (χ4n) is 1.20. The molecule has 5 heteroatoms. The van der Waals surface area contributed by atoms with Crippen molar-refractivity contribution in [2.24, 2.45) is 0 Å². The summed E-state index contributed by atoms with van der Waals surface area (Å²) in [6.07, 6.45) is 0. The summed E-state index contributed by atoms with van der Waals surface area (Å²) in [7, 11) is 0. The Kier molecular flexibility index (Phi) is 2.67. The first-order valence-corrected chi connectivity index (χ1v) is 5.65. The van der Waals surface area contributed by atoms with E-state index in [1.807, 2.05) is 5.38 Å². The van der Waals surface area contributed by atoms with Gasteiger partial charge in [0.2, 0.25) is 0 Å². The van der Waals surface area contributed by atoms with Crippen LogP contribution < -0.4 is 0 Å². The van der Waals surface area contributed by atoms with Gasteiger partial charge in [0.1, 0.15) is 9.79 Å². The number of nitrogens with one attached hydrogen (secondary N) is 1. The molecule has 0 aromatic carbocycles. The first-order chi connectivity index (χ1) is 6.68. The number of thiophene rings is 1. The fourth-order valence-corrected chi connectivity index (χ4v) is 2.57. The lowest BCUT2D eigenvalue weighted by Gasteiger charge is -1.99. The molecule has 0 amide bonds. The maximum atomic E-state index is 5.80. The van der Waals surface area contributed by atoms with Crippen molar-refractivity contribution in [2.75, 3.05) is 0 Å². The van der Waals surface area contributed by atoms with Gasteiger partial charge in [-0.05, 0) is 30.0 Å². The minimum atomic E-state index is 0.432. The van der Waals surface area contributed by atoms with Gasteiger partial charge in [-0.2, -0.15) is 5.10 Å². The van der Waals surface area contributed by atoms with E-state index in [2.05, 4.69) is 23.2 Å². The Labute approximate surface area is 95.6 Å². The second kappa shape index (κ2) is 3.81. The van der Waals surface area contributed by atoms with E-state index in [-0.39, 0.29) is 0 Å². The summed E-state index contributed by atoms with van der Waals surface area (Å²) >= 11 is 12.6. The van der Waals surface area contributed by atoms with Crippen LogP contribution in [0.4, 0.5) is 0 Å². The van der Waals surface area contributed by atoms with Crippen LogP contribution in [0.5, 0.6) is 0 Å². The molecule has 0 saturated heterocycles. The Morgan fingerprint density at radius 2 is 2.36 bits per heavy atom. The maximum absolute atomic E-state index is 5.80. The monoisotopic (exact) mass is 242 g/mol. The Bertz CT molecular complexity index is 516. The molecule has 2 rings (SSSR count). The lowest BCUT2D eigenvalue weighted by Crippen LogP contribution is -1.86. The summed E-state index contributed by atoms with van der Waals surface area (Å²) in [5.41, 5.74) is 2.16. The maximum Gasteiger partial charge on any atom is 0.150 e. The van der Waals surface area contributed by atoms with E-state index in [9.17, 15) is 0 Å². The van der Waals surface area contributed by atoms with E-state index in [0.29, 0.717) is 9.79 Å². The van der Waals surface area contributed by atoms with Gasteiger partial charge < -0.3 is 0 Å². The van der Waals surface area contributed by atoms with Crippen LogP contribution in [0.2, 0.25) is 5.15 Å². The average molecular weight is 243 g/mol. The van der Waals surface area contributed by atoms with Crippen LogP contribution in [-0.2, 0) is 0 Å². The number of hydrogen-bond acceptors (Lipinski definition) is 3. The van der Waals surface area contributed by atoms with Crippen molar-refractivity contribution in [3.8, 4) is 10.4 Å². The molecule has 2 aromatic rings. The lowest BCUT2D eigenvalue weighted by molar-refractivity contribution is 1.02. The zero-order valence-electron chi connectivity index (χ0n) is 7.37. The molecule has 0 fully saturated rings. The molecule has 0 aliphatic carbocycles. The first kappa shape index (κ1) is 9.83. The second-order valence-corrected chi connectivity index (χ2v) is 4.58. The van der Waals surface area contributed by atoms with Crippen LogP contribution in [-0.4, -0.2) is 10.2 Å². The highest BCUT2D eigenvalue weighted by atomic mass is 35.5. The first-order valence-electron chi connectivity index (χ1n) is 3.98. The van der Waals surface area contributed by atoms with Gasteiger partial charge in [-0.3, -0.25) is 5.10 Å². The molecule has 72 valence electrons. The molecular formula is C9H7ClN2S2. The van der Waals surface area contributed by atoms with Gasteiger partial charge in [-0.25, -0.2) is 0 Å². The van der Waals surface area contributed by atoms with Gasteiger partial charge in [0.05, 0.1) is 0 Å². The highest BCUT2D eigenvalue weighted by molar-refractivity contribution is 7.71. The van der Waals surface area contributed by atoms with Gasteiger partial charge in [0.15, 0.2) is 0 Å². The third-order valence-corrected chi connectivity index (χ3v) is 3.43. The predicted octanol–water partition coefficient (Wildman–Crippen LogP) is 3.83. The normalized spacial score (nSPS) is 10.4. The number of rotatable bonds is 1. The van der Waals surface area contributed by atoms with Crippen LogP contribution in [0.1, 0.15) is 5.56 Å². The van der Waals surface area contributed by atoms with E-state index in [0.717, 1.165) is 10.4 Å². The number of halogens is 1. The van der Waals surface area contributed by atoms with Crippen molar-refractivity contribution in [1.29, 1.82) is 0 Å². The van der Waals surface area contributed by atoms with Crippen LogP contribution in [0.15, 0.2) is 17.5 Å². The van der Waals surface area contributed by atoms with E-state index in [1.165, 1.54) is 5.56 Å². The Hall–Kier alpha value is -0.710. The van der Waals surface area contributed by atoms with Crippen molar-refractivity contribution >= 4 is 35.2 Å². The molecule has 0 aliphatic rings. The van der Waals surface area contributed by atoms with E-state index in [1.54, 1.807) is 17.4 Å². The van der Waals surface area contributed by atoms with Gasteiger partial charge in [-0.15, -0.1) is 11.3 Å². The summed E-state index contributed by atoms with van der Waals surface area (Å²) in [5.74, 6) is 0. The SMILES string of the molecule is Cc1ccsc1-c1cc(Cl)n[nH]c1=S. The Balaban J connectivity index is 2.68. The van der Waals surface area contributed by atoms with Crippen LogP contribution >= 0.6 is 35.2 Å². The summed E-state index contributed by atoms with van der Waals surface area (Å²) < 4.78 is 0.625. The van der Waals surface area contributed by atoms with Crippen molar-refractivity contribution in [3.05, 3.63) is 32.9 Å². The molecule has 0 spiro atoms. The van der Waals surface area contributed by atoms with E-state index in [4.69, 9.17) is 23.8 Å². The zero-order valence-corrected chi connectivity index (χ0v) is 9.76. The van der Waals surface area contributed by atoms with Crippen LogP contribution in [0.25, 0.3) is 10.4 Å². The second-order valence-electron chi connectivity index (χ2n) is 2.87. The van der Waals surface area contributed by atoms with Gasteiger partial charge in [0, 0.05) is 10.4 Å². The summed E-state index contributed by atoms with van der Waals surface area (Å²) in [6, 6.07) is 3.85. The molecule has 0 saturated carbocycles. The van der Waals surface area contributed by atoms with Gasteiger partial charge >= 0.3 is 0 Å². The van der Waals surface area contributed by atoms with Crippen molar-refractivity contribution in [2.45, 2.75) is 6.92 Å². The molecular weight excluding hydrogens is 236 g/mol. The summed E-state index contributed by atoms with van der Waals surface area (Å²) in [5, 5.41) is 9.01. The Morgan fingerprint density at radius 3 is 3.00 bits per heavy atom. The topological polar surface area (TPSA) is 28.7 Å². The third-order valence-electron chi connectivity index (χ3n) is 1.88. The van der Waals surface area contributed by atoms with Crippen molar-refractivity contribution < 1.29 is 0 Å². The fraction of sp³-hybridized carbons (Fsp3) is 0.111. The molecule has 0 unspecified atom stereocenters. The molecule has 1 N–H and O–H groups in total. The number of aromatic amines is 1. The molecule has 2 aromatic heterocycles. The number of nitrogens with zero attached hydrogens (tertiary/aromatic N) is 1. The van der Waals surface area contributed by atoms with E-state index >= 15 is 0 Å². The van der Waals surface area contributed by atoms with Crippen molar-refractivity contribution in [1.82, 2.24) is 10.2 Å². The van der Waals surface area contributed by atoms with Gasteiger partial charge in [0.25, 0.3) is 0 Å². The minimum Gasteiger partial charge on any atom is -0.266 e. The van der Waals surface area contributed by atoms with E-state index < -0.39 is 0 Å². The van der Waals surface area contributed by atoms with Crippen LogP contribution in [0.3, 0.4) is 0 Å². The lowest BCUT2D eigenvalue weighted by atomic mass is 10.2. The number of H-pyrrole nitrogens is 1. The third kappa shape index (κ3) is 1.73. The summed E-state index contributed by atoms with van der Waals surface area (Å²) in [6.45, 7) is 2.05. The van der Waals surface area contributed by atoms with Crippen LogP contribution in [0, 0.1) is 11.6 Å². The molecule has 2 nitrogen and oxygen atoms in total. The molecule has 0 bridgehead atoms. The molecule has 2 heterocycles. The predicted molar refractivity (Wildman–Crippen MR) is 62.5 cm³/mol. The quantitative estimate of drug-likeness (QED) is 0.770. The number of hydrogen-bond donors (Lipinski definition) is 1. The molecule has 14 heavy (non-hydrogen) atoms. The molecule has 0 atom stereocenters. The number of aryl methyl sites for hydroxylation is 1. The largest absolute Gasteiger partial charge is 0.266 e. The summed E-state index contributed by atoms with van der Waals surface area (Å²) in [4.78, 5) is 1.15. The zero-order chi connectivity index (χ0) is 10.1. The van der Waals surface area contributed by atoms with Crippen molar-refractivity contribution in [3.63, 3.8) is 0 Å². The molecule has 0 aliphatic heterocycles. The standard InChI is InChI=1S/C9H7ClN2S2/c1-5-2-3-14-8(5)6-4-7(10)11-12-9(6)13/h2-4H,1H3,(H,12,13). The highest BCUT2D eigenvalue weighted by Gasteiger charge is 2.06. The highest BCUT2D eigenvalue weighted by Crippen LogP contribution is 2.30. The molecule has 0 radical (unpaired) electrons. The Morgan fingerprint density at radius 1 is 1.57 bits per heavy atom. The smallest absolute Gasteiger partial charge is 0.150 e. The average Bonchev–Trinajstić information content (AvgIpc) is 2.56.